The number of aryl methyl sites for hydroxylation is 1. The molecule has 0 spiro atoms. The monoisotopic (exact) mass is 238 g/mol. The Kier molecular flexibility index (Phi) is 3.85. The fourth-order valence-electron chi connectivity index (χ4n) is 2.15. The van der Waals surface area contributed by atoms with Crippen LogP contribution in [0.1, 0.15) is 18.1 Å². The minimum absolute atomic E-state index is 0.592. The number of hydrogen-bond acceptors (Lipinski definition) is 2. The van der Waals surface area contributed by atoms with Crippen LogP contribution in [0.3, 0.4) is 0 Å². The van der Waals surface area contributed by atoms with E-state index in [1.807, 2.05) is 6.92 Å². The highest BCUT2D eigenvalue weighted by Crippen LogP contribution is 2.18. The van der Waals surface area contributed by atoms with Crippen LogP contribution >= 0.6 is 11.6 Å². The second-order valence-corrected chi connectivity index (χ2v) is 5.08. The molecule has 1 saturated heterocycles. The van der Waals surface area contributed by atoms with Gasteiger partial charge in [-0.2, -0.15) is 0 Å². The third-order valence-corrected chi connectivity index (χ3v) is 3.50. The SMILES string of the molecule is Cc1ccc(CN2CCN[C@H](C)C2)cc1Cl. The van der Waals surface area contributed by atoms with Crippen LogP contribution in [0.25, 0.3) is 0 Å². The van der Waals surface area contributed by atoms with Crippen molar-refractivity contribution >= 4 is 11.6 Å². The van der Waals surface area contributed by atoms with E-state index in [-0.39, 0.29) is 0 Å². The van der Waals surface area contributed by atoms with Gasteiger partial charge in [-0.1, -0.05) is 23.7 Å². The molecule has 0 radical (unpaired) electrons. The highest BCUT2D eigenvalue weighted by molar-refractivity contribution is 6.31. The van der Waals surface area contributed by atoms with Gasteiger partial charge in [-0.25, -0.2) is 0 Å². The standard InChI is InChI=1S/C13H19ClN2/c1-10-3-4-12(7-13(10)14)9-16-6-5-15-11(2)8-16/h3-4,7,11,15H,5-6,8-9H2,1-2H3/t11-/m1/s1. The molecular weight excluding hydrogens is 220 g/mol. The van der Waals surface area contributed by atoms with Crippen molar-refractivity contribution in [1.82, 2.24) is 10.2 Å². The Hall–Kier alpha value is -0.570. The smallest absolute Gasteiger partial charge is 0.0438 e. The maximum absolute atomic E-state index is 6.13. The molecule has 1 fully saturated rings. The molecule has 2 rings (SSSR count). The third-order valence-electron chi connectivity index (χ3n) is 3.10. The summed E-state index contributed by atoms with van der Waals surface area (Å²) in [6, 6.07) is 6.95. The Morgan fingerprint density at radius 1 is 1.50 bits per heavy atom. The van der Waals surface area contributed by atoms with Crippen LogP contribution in [-0.4, -0.2) is 30.6 Å². The van der Waals surface area contributed by atoms with Gasteiger partial charge in [0.05, 0.1) is 0 Å². The second kappa shape index (κ2) is 5.17. The minimum atomic E-state index is 0.592. The van der Waals surface area contributed by atoms with Gasteiger partial charge in [0.2, 0.25) is 0 Å². The lowest BCUT2D eigenvalue weighted by molar-refractivity contribution is 0.199. The fourth-order valence-corrected chi connectivity index (χ4v) is 2.35. The van der Waals surface area contributed by atoms with Crippen LogP contribution in [0.15, 0.2) is 18.2 Å². The summed E-state index contributed by atoms with van der Waals surface area (Å²) >= 11 is 6.13. The van der Waals surface area contributed by atoms with Gasteiger partial charge in [-0.3, -0.25) is 4.90 Å². The minimum Gasteiger partial charge on any atom is -0.312 e. The number of hydrogen-bond donors (Lipinski definition) is 1. The summed E-state index contributed by atoms with van der Waals surface area (Å²) in [5.41, 5.74) is 2.46. The summed E-state index contributed by atoms with van der Waals surface area (Å²) < 4.78 is 0. The maximum Gasteiger partial charge on any atom is 0.0438 e. The van der Waals surface area contributed by atoms with Gasteiger partial charge in [-0.15, -0.1) is 0 Å². The van der Waals surface area contributed by atoms with Crippen LogP contribution in [0, 0.1) is 6.92 Å². The summed E-state index contributed by atoms with van der Waals surface area (Å²) in [5.74, 6) is 0. The van der Waals surface area contributed by atoms with Gasteiger partial charge in [0.25, 0.3) is 0 Å². The van der Waals surface area contributed by atoms with E-state index in [9.17, 15) is 0 Å². The van der Waals surface area contributed by atoms with Gasteiger partial charge < -0.3 is 5.32 Å². The molecule has 0 aliphatic carbocycles. The van der Waals surface area contributed by atoms with E-state index in [1.165, 1.54) is 5.56 Å². The van der Waals surface area contributed by atoms with Crippen LogP contribution in [0.5, 0.6) is 0 Å². The lowest BCUT2D eigenvalue weighted by atomic mass is 10.1. The first-order valence-electron chi connectivity index (χ1n) is 5.86. The number of piperazine rings is 1. The molecule has 1 aliphatic heterocycles. The van der Waals surface area contributed by atoms with Gasteiger partial charge >= 0.3 is 0 Å². The van der Waals surface area contributed by atoms with Gasteiger partial charge in [0, 0.05) is 37.2 Å². The Labute approximate surface area is 103 Å². The topological polar surface area (TPSA) is 15.3 Å². The molecule has 1 atom stereocenters. The normalized spacial score (nSPS) is 22.3. The predicted octanol–water partition coefficient (Wildman–Crippen LogP) is 2.44. The number of nitrogens with zero attached hydrogens (tertiary/aromatic N) is 1. The lowest BCUT2D eigenvalue weighted by Crippen LogP contribution is -2.48. The first-order chi connectivity index (χ1) is 7.65. The molecule has 1 aromatic carbocycles. The van der Waals surface area contributed by atoms with Crippen molar-refractivity contribution in [3.63, 3.8) is 0 Å². The number of rotatable bonds is 2. The van der Waals surface area contributed by atoms with E-state index in [1.54, 1.807) is 0 Å². The van der Waals surface area contributed by atoms with Crippen LogP contribution in [0.2, 0.25) is 5.02 Å². The zero-order valence-electron chi connectivity index (χ0n) is 9.96. The molecular formula is C13H19ClN2. The quantitative estimate of drug-likeness (QED) is 0.852. The average Bonchev–Trinajstić information content (AvgIpc) is 2.24. The second-order valence-electron chi connectivity index (χ2n) is 4.67. The number of benzene rings is 1. The molecule has 0 saturated carbocycles. The first kappa shape index (κ1) is 11.9. The maximum atomic E-state index is 6.13. The van der Waals surface area contributed by atoms with E-state index in [2.05, 4.69) is 35.3 Å². The summed E-state index contributed by atoms with van der Waals surface area (Å²) in [6.45, 7) is 8.60. The highest BCUT2D eigenvalue weighted by Gasteiger charge is 2.15. The molecule has 1 N–H and O–H groups in total. The molecule has 0 amide bonds. The summed E-state index contributed by atoms with van der Waals surface area (Å²) in [7, 11) is 0. The summed E-state index contributed by atoms with van der Waals surface area (Å²) in [6.07, 6.45) is 0. The molecule has 88 valence electrons. The molecule has 1 aliphatic rings. The number of halogens is 1. The molecule has 1 aromatic rings. The predicted molar refractivity (Wildman–Crippen MR) is 68.9 cm³/mol. The fraction of sp³-hybridized carbons (Fsp3) is 0.538. The Bertz CT molecular complexity index is 365. The van der Waals surface area contributed by atoms with E-state index in [4.69, 9.17) is 11.6 Å². The molecule has 1 heterocycles. The Morgan fingerprint density at radius 2 is 2.31 bits per heavy atom. The molecule has 0 unspecified atom stereocenters. The van der Waals surface area contributed by atoms with Crippen molar-refractivity contribution in [3.8, 4) is 0 Å². The van der Waals surface area contributed by atoms with Gasteiger partial charge in [0.15, 0.2) is 0 Å². The molecule has 16 heavy (non-hydrogen) atoms. The molecule has 0 aromatic heterocycles. The average molecular weight is 239 g/mol. The van der Waals surface area contributed by atoms with Crippen LogP contribution < -0.4 is 5.32 Å². The van der Waals surface area contributed by atoms with E-state index in [0.29, 0.717) is 6.04 Å². The number of nitrogens with one attached hydrogen (secondary N) is 1. The summed E-state index contributed by atoms with van der Waals surface area (Å²) in [5, 5.41) is 4.33. The van der Waals surface area contributed by atoms with E-state index >= 15 is 0 Å². The van der Waals surface area contributed by atoms with Crippen molar-refractivity contribution in [2.75, 3.05) is 19.6 Å². The van der Waals surface area contributed by atoms with Crippen molar-refractivity contribution < 1.29 is 0 Å². The Balaban J connectivity index is 2.00. The zero-order chi connectivity index (χ0) is 11.5. The van der Waals surface area contributed by atoms with E-state index in [0.717, 1.165) is 36.8 Å². The molecule has 3 heteroatoms. The third kappa shape index (κ3) is 2.97. The first-order valence-corrected chi connectivity index (χ1v) is 6.24. The van der Waals surface area contributed by atoms with Crippen molar-refractivity contribution in [2.45, 2.75) is 26.4 Å². The van der Waals surface area contributed by atoms with E-state index < -0.39 is 0 Å². The zero-order valence-corrected chi connectivity index (χ0v) is 10.7. The van der Waals surface area contributed by atoms with Crippen LogP contribution in [0.4, 0.5) is 0 Å². The molecule has 0 bridgehead atoms. The largest absolute Gasteiger partial charge is 0.312 e. The van der Waals surface area contributed by atoms with Crippen molar-refractivity contribution in [1.29, 1.82) is 0 Å². The van der Waals surface area contributed by atoms with Gasteiger partial charge in [-0.05, 0) is 31.0 Å². The summed E-state index contributed by atoms with van der Waals surface area (Å²) in [4.78, 5) is 2.47. The van der Waals surface area contributed by atoms with Crippen molar-refractivity contribution in [3.05, 3.63) is 34.3 Å². The van der Waals surface area contributed by atoms with Crippen molar-refractivity contribution in [2.24, 2.45) is 0 Å². The lowest BCUT2D eigenvalue weighted by Gasteiger charge is -2.31. The Morgan fingerprint density at radius 3 is 3.00 bits per heavy atom. The van der Waals surface area contributed by atoms with Gasteiger partial charge in [0.1, 0.15) is 0 Å². The van der Waals surface area contributed by atoms with Crippen LogP contribution in [-0.2, 0) is 6.54 Å². The molecule has 2 nitrogen and oxygen atoms in total. The highest BCUT2D eigenvalue weighted by atomic mass is 35.5.